The number of benzene rings is 2. The average Bonchev–Trinajstić information content (AvgIpc) is 2.76. The second kappa shape index (κ2) is 12.7. The van der Waals surface area contributed by atoms with Crippen molar-refractivity contribution in [2.45, 2.75) is 44.5 Å². The van der Waals surface area contributed by atoms with Crippen molar-refractivity contribution in [1.29, 1.82) is 0 Å². The lowest BCUT2D eigenvalue weighted by atomic mass is 9.93. The largest absolute Gasteiger partial charge is 0.417 e. The molecule has 228 valence electrons. The summed E-state index contributed by atoms with van der Waals surface area (Å²) in [5, 5.41) is -1.04. The van der Waals surface area contributed by atoms with Crippen molar-refractivity contribution in [1.82, 2.24) is 0 Å². The van der Waals surface area contributed by atoms with Gasteiger partial charge in [0.05, 0.1) is 26.4 Å². The number of carbonyl (C=O) groups is 1. The predicted octanol–water partition coefficient (Wildman–Crippen LogP) is 9.60. The molecule has 1 unspecified atom stereocenters. The molecule has 0 saturated heterocycles. The molecule has 2 aromatic carbocycles. The van der Waals surface area contributed by atoms with Crippen LogP contribution in [0, 0.1) is 5.92 Å². The maximum atomic E-state index is 15.0. The number of sulfone groups is 1. The Labute approximate surface area is 244 Å². The van der Waals surface area contributed by atoms with E-state index >= 15 is 4.39 Å². The monoisotopic (exact) mass is 676 g/mol. The lowest BCUT2D eigenvalue weighted by molar-refractivity contribution is -0.140. The van der Waals surface area contributed by atoms with Gasteiger partial charge in [0, 0.05) is 24.5 Å². The summed E-state index contributed by atoms with van der Waals surface area (Å²) in [5.74, 6) is -12.9. The smallest absolute Gasteiger partial charge is 0.294 e. The highest BCUT2D eigenvalue weighted by Crippen LogP contribution is 2.43. The average molecular weight is 678 g/mol. The molecule has 0 aromatic heterocycles. The number of carbonyl (C=O) groups excluding carboxylic acids is 1. The maximum absolute atomic E-state index is 15.0. The van der Waals surface area contributed by atoms with E-state index in [1.165, 1.54) is 0 Å². The quantitative estimate of drug-likeness (QED) is 0.143. The number of halogens is 12. The highest BCUT2D eigenvalue weighted by atomic mass is 35.5. The van der Waals surface area contributed by atoms with Gasteiger partial charge in [-0.25, -0.2) is 21.6 Å². The van der Waals surface area contributed by atoms with Gasteiger partial charge in [0.1, 0.15) is 17.5 Å². The zero-order valence-corrected chi connectivity index (χ0v) is 24.0. The molecule has 41 heavy (non-hydrogen) atoms. The van der Waals surface area contributed by atoms with E-state index in [1.54, 1.807) is 0 Å². The van der Waals surface area contributed by atoms with E-state index < -0.39 is 91.7 Å². The summed E-state index contributed by atoms with van der Waals surface area (Å²) < 4.78 is 148. The van der Waals surface area contributed by atoms with Crippen LogP contribution in [-0.4, -0.2) is 37.8 Å². The lowest BCUT2D eigenvalue weighted by Gasteiger charge is -2.19. The van der Waals surface area contributed by atoms with Crippen LogP contribution in [0.3, 0.4) is 0 Å². The molecule has 2 atom stereocenters. The molecule has 0 aliphatic rings. The van der Waals surface area contributed by atoms with Crippen molar-refractivity contribution in [2.24, 2.45) is 5.92 Å². The van der Waals surface area contributed by atoms with Gasteiger partial charge in [0.25, 0.3) is 5.92 Å². The summed E-state index contributed by atoms with van der Waals surface area (Å²) in [5.41, 5.74) is -4.31. The number of Topliss-reactive ketones (excluding diaryl/α,β-unsaturated/α-hetero) is 1. The van der Waals surface area contributed by atoms with E-state index in [1.807, 2.05) is 0 Å². The van der Waals surface area contributed by atoms with E-state index in [2.05, 4.69) is 0 Å². The minimum Gasteiger partial charge on any atom is -0.294 e. The van der Waals surface area contributed by atoms with Gasteiger partial charge in [0.2, 0.25) is 0 Å². The van der Waals surface area contributed by atoms with Crippen molar-refractivity contribution in [3.05, 3.63) is 73.7 Å². The molecular formula is C25H20Cl3F9O3S. The van der Waals surface area contributed by atoms with Crippen LogP contribution in [0.25, 0.3) is 5.83 Å². The van der Waals surface area contributed by atoms with Crippen LogP contribution in [0.2, 0.25) is 15.1 Å². The van der Waals surface area contributed by atoms with Crippen molar-refractivity contribution in [3.63, 3.8) is 0 Å². The van der Waals surface area contributed by atoms with E-state index in [0.29, 0.717) is 19.1 Å². The topological polar surface area (TPSA) is 51.2 Å². The van der Waals surface area contributed by atoms with E-state index in [0.717, 1.165) is 19.1 Å². The van der Waals surface area contributed by atoms with Crippen molar-refractivity contribution in [3.8, 4) is 0 Å². The third kappa shape index (κ3) is 10.1. The Morgan fingerprint density at radius 3 is 1.95 bits per heavy atom. The fourth-order valence-corrected chi connectivity index (χ4v) is 6.40. The van der Waals surface area contributed by atoms with Gasteiger partial charge < -0.3 is 0 Å². The van der Waals surface area contributed by atoms with Gasteiger partial charge >= 0.3 is 12.4 Å². The highest BCUT2D eigenvalue weighted by Gasteiger charge is 2.41. The third-order valence-corrected chi connectivity index (χ3v) is 8.70. The molecule has 0 spiro atoms. The summed E-state index contributed by atoms with van der Waals surface area (Å²) in [6, 6.07) is 2.84. The molecule has 0 aliphatic heterocycles. The summed E-state index contributed by atoms with van der Waals surface area (Å²) in [6.07, 6.45) is -11.2. The Bertz CT molecular complexity index is 1410. The van der Waals surface area contributed by atoms with Crippen LogP contribution in [-0.2, 0) is 16.0 Å². The molecule has 0 N–H and O–H groups in total. The van der Waals surface area contributed by atoms with Crippen LogP contribution < -0.4 is 0 Å². The minimum atomic E-state index is -5.28. The Kier molecular flexibility index (Phi) is 10.9. The maximum Gasteiger partial charge on any atom is 0.417 e. The third-order valence-electron chi connectivity index (χ3n) is 5.48. The molecule has 0 bridgehead atoms. The van der Waals surface area contributed by atoms with Gasteiger partial charge in [-0.05, 0) is 35.8 Å². The SMILES string of the molecule is C[C@@H](CC(=O)c1ccc(/C(F)=C/C(c2cc(Cl)c(Cl)c(Cl)c2)C(F)(F)F)cc1C(F)(F)F)CS(=O)(=O)CC(C)(F)F. The highest BCUT2D eigenvalue weighted by molar-refractivity contribution is 7.91. The molecule has 2 aromatic rings. The molecule has 0 saturated carbocycles. The Morgan fingerprint density at radius 2 is 1.49 bits per heavy atom. The fourth-order valence-electron chi connectivity index (χ4n) is 3.91. The van der Waals surface area contributed by atoms with Crippen LogP contribution >= 0.6 is 34.8 Å². The first-order valence-corrected chi connectivity index (χ1v) is 14.3. The Balaban J connectivity index is 2.46. The standard InChI is InChI=1S/C25H20Cl3F9O3S/c1-12(10-41(39,40)11-23(2,30)31)5-21(38)15-4-3-13(6-17(15)25(35,36)37)20(29)9-16(24(32,33)34)14-7-18(26)22(28)19(27)8-14/h3-4,6-9,12,16H,5,10-11H2,1-2H3/b20-9-/t12-,16?/m0/s1. The summed E-state index contributed by atoms with van der Waals surface area (Å²) in [7, 11) is -4.37. The zero-order valence-electron chi connectivity index (χ0n) is 20.9. The van der Waals surface area contributed by atoms with Gasteiger partial charge in [0.15, 0.2) is 15.6 Å². The van der Waals surface area contributed by atoms with Crippen molar-refractivity contribution in [2.75, 3.05) is 11.5 Å². The molecule has 0 radical (unpaired) electrons. The summed E-state index contributed by atoms with van der Waals surface area (Å²) >= 11 is 17.3. The first-order valence-electron chi connectivity index (χ1n) is 11.3. The molecule has 2 rings (SSSR count). The minimum absolute atomic E-state index is 0.00329. The second-order valence-corrected chi connectivity index (χ2v) is 12.7. The number of ketones is 1. The molecule has 0 amide bonds. The van der Waals surface area contributed by atoms with Gasteiger partial charge in [-0.2, -0.15) is 26.3 Å². The van der Waals surface area contributed by atoms with Crippen LogP contribution in [0.15, 0.2) is 36.4 Å². The number of allylic oxidation sites excluding steroid dienone is 1. The number of hydrogen-bond acceptors (Lipinski definition) is 3. The molecule has 3 nitrogen and oxygen atoms in total. The number of rotatable bonds is 10. The van der Waals surface area contributed by atoms with Gasteiger partial charge in [-0.1, -0.05) is 53.9 Å². The molecule has 0 aliphatic carbocycles. The summed E-state index contributed by atoms with van der Waals surface area (Å²) in [4.78, 5) is 12.6. The summed E-state index contributed by atoms with van der Waals surface area (Å²) in [6.45, 7) is 1.52. The predicted molar refractivity (Wildman–Crippen MR) is 138 cm³/mol. The Hall–Kier alpha value is -1.96. The number of hydrogen-bond donors (Lipinski definition) is 0. The van der Waals surface area contributed by atoms with Crippen molar-refractivity contribution < 1.29 is 52.7 Å². The normalized spacial score (nSPS) is 15.1. The number of alkyl halides is 8. The van der Waals surface area contributed by atoms with E-state index in [9.17, 15) is 48.3 Å². The first kappa shape index (κ1) is 35.2. The molecule has 0 heterocycles. The zero-order chi connectivity index (χ0) is 31.7. The second-order valence-electron chi connectivity index (χ2n) is 9.45. The van der Waals surface area contributed by atoms with E-state index in [-0.39, 0.29) is 27.2 Å². The molecule has 16 heteroatoms. The van der Waals surface area contributed by atoms with Crippen LogP contribution in [0.4, 0.5) is 39.5 Å². The van der Waals surface area contributed by atoms with Crippen LogP contribution in [0.5, 0.6) is 0 Å². The van der Waals surface area contributed by atoms with E-state index in [4.69, 9.17) is 34.8 Å². The van der Waals surface area contributed by atoms with Crippen molar-refractivity contribution >= 4 is 56.3 Å². The van der Waals surface area contributed by atoms with Gasteiger partial charge in [-0.3, -0.25) is 4.79 Å². The molecular weight excluding hydrogens is 658 g/mol. The Morgan fingerprint density at radius 1 is 0.951 bits per heavy atom. The van der Waals surface area contributed by atoms with Crippen LogP contribution in [0.1, 0.15) is 53.2 Å². The van der Waals surface area contributed by atoms with Gasteiger partial charge in [-0.15, -0.1) is 0 Å². The first-order chi connectivity index (χ1) is 18.4. The molecule has 0 fully saturated rings. The fraction of sp³-hybridized carbons (Fsp3) is 0.400. The lowest BCUT2D eigenvalue weighted by Crippen LogP contribution is -2.29.